The molecule has 0 amide bonds. The Labute approximate surface area is 211 Å². The van der Waals surface area contributed by atoms with E-state index in [9.17, 15) is 0 Å². The van der Waals surface area contributed by atoms with Crippen LogP contribution in [-0.2, 0) is 0 Å². The van der Waals surface area contributed by atoms with E-state index >= 15 is 0 Å². The van der Waals surface area contributed by atoms with Crippen LogP contribution in [0.1, 0.15) is 11.1 Å². The summed E-state index contributed by atoms with van der Waals surface area (Å²) >= 11 is 0. The summed E-state index contributed by atoms with van der Waals surface area (Å²) < 4.78 is 5.88. The lowest BCUT2D eigenvalue weighted by atomic mass is 9.92. The summed E-state index contributed by atoms with van der Waals surface area (Å²) in [6, 6.07) is 46.2. The van der Waals surface area contributed by atoms with Crippen molar-refractivity contribution >= 4 is 32.9 Å². The fraction of sp³-hybridized carbons (Fsp3) is 0.0294. The van der Waals surface area contributed by atoms with Crippen LogP contribution < -0.4 is 4.74 Å². The van der Waals surface area contributed by atoms with Gasteiger partial charge in [0.25, 0.3) is 0 Å². The van der Waals surface area contributed by atoms with Crippen molar-refractivity contribution in [2.75, 3.05) is 7.11 Å². The smallest absolute Gasteiger partial charge is 0.127 e. The van der Waals surface area contributed by atoms with Crippen molar-refractivity contribution < 1.29 is 4.74 Å². The van der Waals surface area contributed by atoms with Crippen molar-refractivity contribution in [2.24, 2.45) is 4.99 Å². The molecule has 6 rings (SSSR count). The highest BCUT2D eigenvalue weighted by Gasteiger charge is 2.16. The molecule has 0 heterocycles. The van der Waals surface area contributed by atoms with E-state index in [1.807, 2.05) is 12.1 Å². The van der Waals surface area contributed by atoms with Crippen LogP contribution >= 0.6 is 0 Å². The zero-order chi connectivity index (χ0) is 24.3. The highest BCUT2D eigenvalue weighted by atomic mass is 16.5. The van der Waals surface area contributed by atoms with Crippen LogP contribution in [0.4, 0.5) is 5.69 Å². The first kappa shape index (κ1) is 21.8. The van der Waals surface area contributed by atoms with Gasteiger partial charge in [0.2, 0.25) is 0 Å². The molecule has 6 aromatic carbocycles. The Morgan fingerprint density at radius 1 is 0.556 bits per heavy atom. The molecule has 0 aliphatic rings. The number of aliphatic imine (C=N–C) groups is 1. The zero-order valence-corrected chi connectivity index (χ0v) is 20.1. The minimum Gasteiger partial charge on any atom is -0.496 e. The molecule has 0 radical (unpaired) electrons. The van der Waals surface area contributed by atoms with Crippen molar-refractivity contribution in [3.8, 4) is 16.9 Å². The second-order valence-corrected chi connectivity index (χ2v) is 8.74. The van der Waals surface area contributed by atoms with Gasteiger partial charge in [0, 0.05) is 22.1 Å². The van der Waals surface area contributed by atoms with E-state index in [1.54, 1.807) is 7.11 Å². The van der Waals surface area contributed by atoms with Gasteiger partial charge in [-0.1, -0.05) is 121 Å². The highest BCUT2D eigenvalue weighted by Crippen LogP contribution is 2.43. The van der Waals surface area contributed by atoms with Gasteiger partial charge in [-0.05, 0) is 33.9 Å². The maximum absolute atomic E-state index is 5.88. The van der Waals surface area contributed by atoms with Gasteiger partial charge in [-0.15, -0.1) is 0 Å². The summed E-state index contributed by atoms with van der Waals surface area (Å²) in [5.41, 5.74) is 6.25. The van der Waals surface area contributed by atoms with Gasteiger partial charge in [-0.2, -0.15) is 0 Å². The molecule has 0 saturated carbocycles. The van der Waals surface area contributed by atoms with Crippen molar-refractivity contribution in [3.63, 3.8) is 0 Å². The van der Waals surface area contributed by atoms with Crippen molar-refractivity contribution in [2.45, 2.75) is 0 Å². The lowest BCUT2D eigenvalue weighted by Crippen LogP contribution is -2.02. The minimum atomic E-state index is 0.853. The highest BCUT2D eigenvalue weighted by molar-refractivity contribution is 6.17. The van der Waals surface area contributed by atoms with Gasteiger partial charge in [0.15, 0.2) is 0 Å². The normalized spacial score (nSPS) is 10.9. The largest absolute Gasteiger partial charge is 0.496 e. The Hall–Kier alpha value is -4.69. The lowest BCUT2D eigenvalue weighted by Gasteiger charge is -2.16. The van der Waals surface area contributed by atoms with Crippen LogP contribution in [-0.4, -0.2) is 12.8 Å². The topological polar surface area (TPSA) is 21.6 Å². The summed E-state index contributed by atoms with van der Waals surface area (Å²) in [6.45, 7) is 0. The number of hydrogen-bond donors (Lipinski definition) is 0. The molecule has 172 valence electrons. The summed E-state index contributed by atoms with van der Waals surface area (Å²) in [5, 5.41) is 4.60. The third-order valence-electron chi connectivity index (χ3n) is 6.59. The van der Waals surface area contributed by atoms with Gasteiger partial charge in [-0.3, -0.25) is 0 Å². The summed E-state index contributed by atoms with van der Waals surface area (Å²) in [5.74, 6) is 0.853. The molecule has 2 heteroatoms. The third-order valence-corrected chi connectivity index (χ3v) is 6.59. The Morgan fingerprint density at radius 3 is 1.86 bits per heavy atom. The van der Waals surface area contributed by atoms with E-state index in [0.717, 1.165) is 55.6 Å². The molecule has 0 unspecified atom stereocenters. The second-order valence-electron chi connectivity index (χ2n) is 8.74. The molecule has 0 aromatic heterocycles. The standard InChI is InChI=1S/C34H25NO/c1-36-31-23-22-24-12-8-9-19-28(24)33(31)29-20-10-17-25-18-11-21-30(32(25)29)35-34(26-13-4-2-5-14-26)27-15-6-3-7-16-27/h2-23H,1H3. The Balaban J connectivity index is 1.68. The van der Waals surface area contributed by atoms with E-state index in [2.05, 4.69) is 121 Å². The quantitative estimate of drug-likeness (QED) is 0.234. The number of nitrogens with zero attached hydrogens (tertiary/aromatic N) is 1. The number of hydrogen-bond acceptors (Lipinski definition) is 2. The van der Waals surface area contributed by atoms with Crippen molar-refractivity contribution in [1.29, 1.82) is 0 Å². The van der Waals surface area contributed by atoms with Crippen LogP contribution in [0.2, 0.25) is 0 Å². The fourth-order valence-electron chi connectivity index (χ4n) is 4.93. The van der Waals surface area contributed by atoms with Crippen molar-refractivity contribution in [3.05, 3.63) is 145 Å². The molecule has 0 atom stereocenters. The van der Waals surface area contributed by atoms with Gasteiger partial charge in [-0.25, -0.2) is 4.99 Å². The fourth-order valence-corrected chi connectivity index (χ4v) is 4.93. The van der Waals surface area contributed by atoms with Crippen molar-refractivity contribution in [1.82, 2.24) is 0 Å². The Kier molecular flexibility index (Phi) is 5.77. The van der Waals surface area contributed by atoms with Gasteiger partial charge >= 0.3 is 0 Å². The van der Waals surface area contributed by atoms with Gasteiger partial charge < -0.3 is 4.74 Å². The number of ether oxygens (including phenoxy) is 1. The average Bonchev–Trinajstić information content (AvgIpc) is 2.96. The molecule has 0 fully saturated rings. The molecule has 0 aliphatic carbocycles. The Morgan fingerprint density at radius 2 is 1.17 bits per heavy atom. The lowest BCUT2D eigenvalue weighted by molar-refractivity contribution is 0.417. The average molecular weight is 464 g/mol. The predicted octanol–water partition coefficient (Wildman–Crippen LogP) is 8.84. The van der Waals surface area contributed by atoms with Crippen LogP contribution in [0.15, 0.2) is 138 Å². The van der Waals surface area contributed by atoms with E-state index in [1.165, 1.54) is 5.39 Å². The molecule has 2 nitrogen and oxygen atoms in total. The molecular weight excluding hydrogens is 438 g/mol. The summed E-state index contributed by atoms with van der Waals surface area (Å²) in [6.07, 6.45) is 0. The molecule has 0 N–H and O–H groups in total. The number of fused-ring (bicyclic) bond motifs is 2. The number of methoxy groups -OCH3 is 1. The molecule has 0 spiro atoms. The van der Waals surface area contributed by atoms with Gasteiger partial charge in [0.1, 0.15) is 5.75 Å². The van der Waals surface area contributed by atoms with E-state index in [-0.39, 0.29) is 0 Å². The second kappa shape index (κ2) is 9.52. The molecule has 0 saturated heterocycles. The van der Waals surface area contributed by atoms with E-state index < -0.39 is 0 Å². The molecule has 0 aliphatic heterocycles. The SMILES string of the molecule is COc1ccc2ccccc2c1-c1cccc2cccc(N=C(c3ccccc3)c3ccccc3)c12. The monoisotopic (exact) mass is 463 g/mol. The molecule has 36 heavy (non-hydrogen) atoms. The van der Waals surface area contributed by atoms with Crippen LogP contribution in [0.25, 0.3) is 32.7 Å². The van der Waals surface area contributed by atoms with Crippen LogP contribution in [0.5, 0.6) is 5.75 Å². The third kappa shape index (κ3) is 3.93. The summed E-state index contributed by atoms with van der Waals surface area (Å²) in [4.78, 5) is 5.32. The summed E-state index contributed by atoms with van der Waals surface area (Å²) in [7, 11) is 1.74. The first-order valence-electron chi connectivity index (χ1n) is 12.1. The first-order chi connectivity index (χ1) is 17.8. The van der Waals surface area contributed by atoms with Gasteiger partial charge in [0.05, 0.1) is 18.5 Å². The molecule has 6 aromatic rings. The maximum atomic E-state index is 5.88. The zero-order valence-electron chi connectivity index (χ0n) is 20.1. The number of rotatable bonds is 5. The Bertz CT molecular complexity index is 1660. The first-order valence-corrected chi connectivity index (χ1v) is 12.1. The molecule has 0 bridgehead atoms. The molecular formula is C34H25NO. The van der Waals surface area contributed by atoms with E-state index in [0.29, 0.717) is 0 Å². The van der Waals surface area contributed by atoms with Crippen LogP contribution in [0.3, 0.4) is 0 Å². The minimum absolute atomic E-state index is 0.853. The predicted molar refractivity (Wildman–Crippen MR) is 152 cm³/mol. The van der Waals surface area contributed by atoms with Crippen LogP contribution in [0, 0.1) is 0 Å². The van der Waals surface area contributed by atoms with E-state index in [4.69, 9.17) is 9.73 Å². The maximum Gasteiger partial charge on any atom is 0.127 e. The number of benzene rings is 6.